The Bertz CT molecular complexity index is 547. The number of ether oxygens (including phenoxy) is 1. The highest BCUT2D eigenvalue weighted by Gasteiger charge is 2.38. The monoisotopic (exact) mass is 326 g/mol. The van der Waals surface area contributed by atoms with E-state index in [1.807, 2.05) is 0 Å². The van der Waals surface area contributed by atoms with Gasteiger partial charge >= 0.3 is 6.61 Å². The number of carbonyl (C=O) groups is 1. The number of hydrogen-bond donors (Lipinski definition) is 1. The van der Waals surface area contributed by atoms with Crippen LogP contribution in [0.15, 0.2) is 24.3 Å². The highest BCUT2D eigenvalue weighted by Crippen LogP contribution is 2.23. The minimum absolute atomic E-state index is 0.0112. The SMILES string of the molecule is O=C(c1ccc(OC(F)F)cc1)N1C[C@H](O)[C@@H](N2CCCC2)C1. The maximum atomic E-state index is 12.5. The van der Waals surface area contributed by atoms with Crippen molar-refractivity contribution in [2.24, 2.45) is 0 Å². The number of nitrogens with zero attached hydrogens (tertiary/aromatic N) is 2. The molecule has 7 heteroatoms. The van der Waals surface area contributed by atoms with E-state index in [0.717, 1.165) is 25.9 Å². The molecule has 3 rings (SSSR count). The molecule has 2 heterocycles. The van der Waals surface area contributed by atoms with Gasteiger partial charge in [0.25, 0.3) is 5.91 Å². The van der Waals surface area contributed by atoms with Crippen LogP contribution in [0.4, 0.5) is 8.78 Å². The van der Waals surface area contributed by atoms with Crippen molar-refractivity contribution >= 4 is 5.91 Å². The Labute approximate surface area is 133 Å². The van der Waals surface area contributed by atoms with Gasteiger partial charge in [0.15, 0.2) is 0 Å². The summed E-state index contributed by atoms with van der Waals surface area (Å²) in [4.78, 5) is 16.3. The zero-order valence-corrected chi connectivity index (χ0v) is 12.7. The molecular weight excluding hydrogens is 306 g/mol. The Balaban J connectivity index is 1.64. The van der Waals surface area contributed by atoms with Gasteiger partial charge in [0.1, 0.15) is 5.75 Å². The van der Waals surface area contributed by atoms with Gasteiger partial charge in [0.2, 0.25) is 0 Å². The standard InChI is InChI=1S/C16H20F2N2O3/c17-16(18)23-12-5-3-11(4-6-12)15(22)20-9-13(14(21)10-20)19-7-1-2-8-19/h3-6,13-14,16,21H,1-2,7-10H2/t13-,14-/m0/s1. The van der Waals surface area contributed by atoms with Gasteiger partial charge in [-0.3, -0.25) is 9.69 Å². The molecule has 0 aromatic heterocycles. The molecule has 1 amide bonds. The largest absolute Gasteiger partial charge is 0.435 e. The fourth-order valence-corrected chi connectivity index (χ4v) is 3.33. The normalized spacial score (nSPS) is 25.3. The highest BCUT2D eigenvalue weighted by atomic mass is 19.3. The Hall–Kier alpha value is -1.73. The van der Waals surface area contributed by atoms with Crippen molar-refractivity contribution in [3.8, 4) is 5.75 Å². The second kappa shape index (κ2) is 6.80. The van der Waals surface area contributed by atoms with Crippen molar-refractivity contribution < 1.29 is 23.4 Å². The quantitative estimate of drug-likeness (QED) is 0.912. The van der Waals surface area contributed by atoms with Crippen LogP contribution in [0.5, 0.6) is 5.75 Å². The predicted molar refractivity (Wildman–Crippen MR) is 79.6 cm³/mol. The van der Waals surface area contributed by atoms with E-state index in [9.17, 15) is 18.7 Å². The minimum atomic E-state index is -2.88. The van der Waals surface area contributed by atoms with E-state index in [2.05, 4.69) is 9.64 Å². The minimum Gasteiger partial charge on any atom is -0.435 e. The number of amides is 1. The highest BCUT2D eigenvalue weighted by molar-refractivity contribution is 5.94. The molecule has 126 valence electrons. The number of benzene rings is 1. The molecule has 0 bridgehead atoms. The summed E-state index contributed by atoms with van der Waals surface area (Å²) in [6.07, 6.45) is 1.71. The average Bonchev–Trinajstić information content (AvgIpc) is 3.16. The number of likely N-dealkylation sites (tertiary alicyclic amines) is 2. The smallest absolute Gasteiger partial charge is 0.387 e. The van der Waals surface area contributed by atoms with Gasteiger partial charge < -0.3 is 14.7 Å². The Kier molecular flexibility index (Phi) is 4.77. The third-order valence-corrected chi connectivity index (χ3v) is 4.48. The zero-order chi connectivity index (χ0) is 16.4. The number of carbonyl (C=O) groups excluding carboxylic acids is 1. The number of alkyl halides is 2. The van der Waals surface area contributed by atoms with Gasteiger partial charge in [-0.15, -0.1) is 0 Å². The van der Waals surface area contributed by atoms with Crippen LogP contribution in [0.3, 0.4) is 0 Å². The summed E-state index contributed by atoms with van der Waals surface area (Å²) < 4.78 is 28.5. The van der Waals surface area contributed by atoms with Gasteiger partial charge in [0.05, 0.1) is 12.1 Å². The Morgan fingerprint density at radius 3 is 2.43 bits per heavy atom. The molecule has 0 radical (unpaired) electrons. The van der Waals surface area contributed by atoms with Crippen molar-refractivity contribution in [1.29, 1.82) is 0 Å². The molecule has 2 saturated heterocycles. The van der Waals surface area contributed by atoms with Crippen LogP contribution in [-0.4, -0.2) is 65.7 Å². The predicted octanol–water partition coefficient (Wildman–Crippen LogP) is 1.57. The molecule has 2 aliphatic rings. The Morgan fingerprint density at radius 2 is 1.83 bits per heavy atom. The van der Waals surface area contributed by atoms with Crippen LogP contribution in [0.25, 0.3) is 0 Å². The van der Waals surface area contributed by atoms with Crippen molar-refractivity contribution in [1.82, 2.24) is 9.80 Å². The summed E-state index contributed by atoms with van der Waals surface area (Å²) in [5.41, 5.74) is 0.404. The summed E-state index contributed by atoms with van der Waals surface area (Å²) >= 11 is 0. The van der Waals surface area contributed by atoms with Crippen LogP contribution >= 0.6 is 0 Å². The van der Waals surface area contributed by atoms with E-state index >= 15 is 0 Å². The summed E-state index contributed by atoms with van der Waals surface area (Å²) in [6, 6.07) is 5.63. The third kappa shape index (κ3) is 3.61. The van der Waals surface area contributed by atoms with Crippen LogP contribution in [0.1, 0.15) is 23.2 Å². The molecule has 23 heavy (non-hydrogen) atoms. The van der Waals surface area contributed by atoms with Gasteiger partial charge in [-0.2, -0.15) is 8.78 Å². The van der Waals surface area contributed by atoms with Gasteiger partial charge in [-0.05, 0) is 50.2 Å². The fourth-order valence-electron chi connectivity index (χ4n) is 3.33. The maximum absolute atomic E-state index is 12.5. The number of aliphatic hydroxyl groups is 1. The second-order valence-electron chi connectivity index (χ2n) is 5.99. The van der Waals surface area contributed by atoms with Gasteiger partial charge in [-0.1, -0.05) is 0 Å². The number of β-amino-alcohol motifs (C(OH)–C–C–N with tert-alkyl or cyclic N) is 1. The molecule has 2 atom stereocenters. The number of aliphatic hydroxyl groups excluding tert-OH is 1. The van der Waals surface area contributed by atoms with Crippen molar-refractivity contribution in [3.05, 3.63) is 29.8 Å². The summed E-state index contributed by atoms with van der Waals surface area (Å²) in [7, 11) is 0. The lowest BCUT2D eigenvalue weighted by atomic mass is 10.2. The van der Waals surface area contributed by atoms with E-state index in [4.69, 9.17) is 0 Å². The molecule has 0 unspecified atom stereocenters. The molecule has 0 saturated carbocycles. The van der Waals surface area contributed by atoms with E-state index in [-0.39, 0.29) is 17.7 Å². The van der Waals surface area contributed by atoms with Crippen LogP contribution < -0.4 is 4.74 Å². The molecule has 1 N–H and O–H groups in total. The van der Waals surface area contributed by atoms with E-state index in [1.165, 1.54) is 24.3 Å². The molecular formula is C16H20F2N2O3. The molecule has 2 fully saturated rings. The molecule has 0 spiro atoms. The molecule has 2 aliphatic heterocycles. The van der Waals surface area contributed by atoms with Gasteiger partial charge in [-0.25, -0.2) is 0 Å². The number of rotatable bonds is 4. The van der Waals surface area contributed by atoms with Crippen molar-refractivity contribution in [2.75, 3.05) is 26.2 Å². The average molecular weight is 326 g/mol. The molecule has 5 nitrogen and oxygen atoms in total. The van der Waals surface area contributed by atoms with E-state index in [0.29, 0.717) is 18.7 Å². The van der Waals surface area contributed by atoms with Crippen molar-refractivity contribution in [3.63, 3.8) is 0 Å². The zero-order valence-electron chi connectivity index (χ0n) is 12.7. The number of halogens is 2. The first-order chi connectivity index (χ1) is 11.0. The Morgan fingerprint density at radius 1 is 1.17 bits per heavy atom. The summed E-state index contributed by atoms with van der Waals surface area (Å²) in [5, 5.41) is 10.2. The third-order valence-electron chi connectivity index (χ3n) is 4.48. The van der Waals surface area contributed by atoms with E-state index < -0.39 is 12.7 Å². The fraction of sp³-hybridized carbons (Fsp3) is 0.562. The van der Waals surface area contributed by atoms with Crippen molar-refractivity contribution in [2.45, 2.75) is 31.6 Å². The lowest BCUT2D eigenvalue weighted by Crippen LogP contribution is -2.41. The first kappa shape index (κ1) is 16.1. The lowest BCUT2D eigenvalue weighted by Gasteiger charge is -2.25. The molecule has 0 aliphatic carbocycles. The number of hydrogen-bond acceptors (Lipinski definition) is 4. The van der Waals surface area contributed by atoms with Crippen LogP contribution in [0.2, 0.25) is 0 Å². The van der Waals surface area contributed by atoms with Gasteiger partial charge in [0, 0.05) is 18.7 Å². The summed E-state index contributed by atoms with van der Waals surface area (Å²) in [5.74, 6) is -0.178. The van der Waals surface area contributed by atoms with Crippen LogP contribution in [-0.2, 0) is 0 Å². The topological polar surface area (TPSA) is 53.0 Å². The maximum Gasteiger partial charge on any atom is 0.387 e. The molecule has 1 aromatic rings. The lowest BCUT2D eigenvalue weighted by molar-refractivity contribution is -0.0498. The first-order valence-corrected chi connectivity index (χ1v) is 7.81. The van der Waals surface area contributed by atoms with E-state index in [1.54, 1.807) is 4.90 Å². The second-order valence-corrected chi connectivity index (χ2v) is 5.99. The summed E-state index contributed by atoms with van der Waals surface area (Å²) in [6.45, 7) is -0.163. The van der Waals surface area contributed by atoms with Crippen LogP contribution in [0, 0.1) is 0 Å². The molecule has 1 aromatic carbocycles. The first-order valence-electron chi connectivity index (χ1n) is 7.81.